The topological polar surface area (TPSA) is 86.2 Å². The van der Waals surface area contributed by atoms with E-state index < -0.39 is 5.97 Å². The van der Waals surface area contributed by atoms with Crippen molar-refractivity contribution < 1.29 is 19.4 Å². The second kappa shape index (κ2) is 5.48. The van der Waals surface area contributed by atoms with Gasteiger partial charge < -0.3 is 10.2 Å². The zero-order valence-electron chi connectivity index (χ0n) is 11.5. The van der Waals surface area contributed by atoms with E-state index >= 15 is 0 Å². The lowest BCUT2D eigenvalue weighted by Gasteiger charge is -2.03. The van der Waals surface area contributed by atoms with Crippen LogP contribution in [0.5, 0.6) is 5.75 Å². The third-order valence-corrected chi connectivity index (χ3v) is 3.57. The van der Waals surface area contributed by atoms with Gasteiger partial charge in [-0.25, -0.2) is 9.18 Å². The number of nitrogens with one attached hydrogen (secondary N) is 1. The molecule has 0 saturated heterocycles. The van der Waals surface area contributed by atoms with E-state index in [4.69, 9.17) is 5.11 Å². The van der Waals surface area contributed by atoms with Crippen molar-refractivity contribution in [3.63, 3.8) is 0 Å². The number of phenols is 1. The molecule has 0 aliphatic carbocycles. The highest BCUT2D eigenvalue weighted by atomic mass is 19.1. The number of hydrogen-bond donors (Lipinski definition) is 3. The highest BCUT2D eigenvalue weighted by Crippen LogP contribution is 2.30. The highest BCUT2D eigenvalue weighted by molar-refractivity contribution is 6.00. The predicted molar refractivity (Wildman–Crippen MR) is 78.5 cm³/mol. The number of carbonyl (C=O) groups is 1. The van der Waals surface area contributed by atoms with Crippen molar-refractivity contribution in [3.05, 3.63) is 59.0 Å². The van der Waals surface area contributed by atoms with Gasteiger partial charge in [-0.1, -0.05) is 12.1 Å². The summed E-state index contributed by atoms with van der Waals surface area (Å²) in [4.78, 5) is 11.1. The molecule has 3 rings (SSSR count). The normalized spacial score (nSPS) is 11.0. The van der Waals surface area contributed by atoms with Crippen LogP contribution in [0.15, 0.2) is 36.4 Å². The first-order valence-corrected chi connectivity index (χ1v) is 6.73. The van der Waals surface area contributed by atoms with Crippen LogP contribution in [0.2, 0.25) is 0 Å². The number of benzene rings is 2. The first-order chi connectivity index (χ1) is 10.6. The van der Waals surface area contributed by atoms with Gasteiger partial charge in [0.1, 0.15) is 17.1 Å². The van der Waals surface area contributed by atoms with Crippen molar-refractivity contribution in [3.8, 4) is 5.75 Å². The molecule has 0 aliphatic heterocycles. The summed E-state index contributed by atoms with van der Waals surface area (Å²) in [6.07, 6.45) is 1.11. The molecule has 2 aromatic carbocycles. The predicted octanol–water partition coefficient (Wildman–Crippen LogP) is 2.89. The molecule has 3 N–H and O–H groups in total. The number of aromatic carboxylic acids is 1. The lowest BCUT2D eigenvalue weighted by molar-refractivity contribution is 0.0694. The molecule has 0 radical (unpaired) electrons. The average molecular weight is 300 g/mol. The summed E-state index contributed by atoms with van der Waals surface area (Å²) in [5, 5.41) is 26.5. The Hall–Kier alpha value is -2.89. The summed E-state index contributed by atoms with van der Waals surface area (Å²) in [5.74, 6) is -1.77. The Morgan fingerprint density at radius 3 is 2.55 bits per heavy atom. The molecule has 6 heteroatoms. The molecule has 0 unspecified atom stereocenters. The summed E-state index contributed by atoms with van der Waals surface area (Å²) in [6.45, 7) is 0. The van der Waals surface area contributed by atoms with Crippen LogP contribution in [-0.4, -0.2) is 26.4 Å². The van der Waals surface area contributed by atoms with Gasteiger partial charge in [-0.3, -0.25) is 5.10 Å². The second-order valence-corrected chi connectivity index (χ2v) is 4.99. The van der Waals surface area contributed by atoms with Crippen LogP contribution >= 0.6 is 0 Å². The smallest absolute Gasteiger partial charge is 0.339 e. The van der Waals surface area contributed by atoms with E-state index in [0.717, 1.165) is 5.56 Å². The van der Waals surface area contributed by atoms with E-state index in [1.54, 1.807) is 18.2 Å². The Morgan fingerprint density at radius 2 is 1.86 bits per heavy atom. The van der Waals surface area contributed by atoms with E-state index in [1.165, 1.54) is 18.2 Å². The van der Waals surface area contributed by atoms with Crippen LogP contribution in [0.25, 0.3) is 10.9 Å². The number of hydrogen-bond acceptors (Lipinski definition) is 3. The molecule has 1 heterocycles. The number of halogens is 1. The number of aromatic hydroxyl groups is 1. The highest BCUT2D eigenvalue weighted by Gasteiger charge is 2.17. The van der Waals surface area contributed by atoms with E-state index in [2.05, 4.69) is 10.2 Å². The standard InChI is InChI=1S/C16H13FN2O3/c17-10-4-1-9(2-5-10)3-7-12-14-13(19-18-12)8-6-11(15(14)20)16(21)22/h1-2,4-6,8,20H,3,7H2,(H,18,19)(H,21,22). The fourth-order valence-electron chi connectivity index (χ4n) is 2.43. The lowest BCUT2D eigenvalue weighted by Crippen LogP contribution is -1.98. The first-order valence-electron chi connectivity index (χ1n) is 6.73. The maximum atomic E-state index is 12.9. The number of rotatable bonds is 4. The van der Waals surface area contributed by atoms with Crippen molar-refractivity contribution in [1.82, 2.24) is 10.2 Å². The molecule has 0 amide bonds. The summed E-state index contributed by atoms with van der Waals surface area (Å²) >= 11 is 0. The number of nitrogens with zero attached hydrogens (tertiary/aromatic N) is 1. The fraction of sp³-hybridized carbons (Fsp3) is 0.125. The summed E-state index contributed by atoms with van der Waals surface area (Å²) in [7, 11) is 0. The van der Waals surface area contributed by atoms with Crippen LogP contribution in [0.3, 0.4) is 0 Å². The van der Waals surface area contributed by atoms with Crippen LogP contribution < -0.4 is 0 Å². The molecule has 0 fully saturated rings. The van der Waals surface area contributed by atoms with Crippen molar-refractivity contribution in [1.29, 1.82) is 0 Å². The number of fused-ring (bicyclic) bond motifs is 1. The zero-order valence-corrected chi connectivity index (χ0v) is 11.5. The number of aromatic nitrogens is 2. The summed E-state index contributed by atoms with van der Waals surface area (Å²) in [6, 6.07) is 9.06. The second-order valence-electron chi connectivity index (χ2n) is 4.99. The van der Waals surface area contributed by atoms with Crippen LogP contribution in [0.1, 0.15) is 21.6 Å². The zero-order chi connectivity index (χ0) is 15.7. The Labute approximate surface area is 125 Å². The largest absolute Gasteiger partial charge is 0.506 e. The molecule has 0 spiro atoms. The molecular weight excluding hydrogens is 287 g/mol. The Kier molecular flexibility index (Phi) is 3.50. The van der Waals surface area contributed by atoms with E-state index in [0.29, 0.717) is 29.4 Å². The number of carboxylic acids is 1. The van der Waals surface area contributed by atoms with Crippen LogP contribution in [-0.2, 0) is 12.8 Å². The summed E-state index contributed by atoms with van der Waals surface area (Å²) in [5.41, 5.74) is 1.94. The quantitative estimate of drug-likeness (QED) is 0.691. The Morgan fingerprint density at radius 1 is 1.14 bits per heavy atom. The summed E-state index contributed by atoms with van der Waals surface area (Å²) < 4.78 is 12.9. The number of carboxylic acid groups (broad SMARTS) is 1. The third-order valence-electron chi connectivity index (χ3n) is 3.57. The van der Waals surface area contributed by atoms with E-state index in [-0.39, 0.29) is 17.1 Å². The maximum Gasteiger partial charge on any atom is 0.339 e. The van der Waals surface area contributed by atoms with Crippen LogP contribution in [0, 0.1) is 5.82 Å². The van der Waals surface area contributed by atoms with Crippen molar-refractivity contribution in [2.75, 3.05) is 0 Å². The van der Waals surface area contributed by atoms with Crippen LogP contribution in [0.4, 0.5) is 4.39 Å². The van der Waals surface area contributed by atoms with Gasteiger partial charge in [0.15, 0.2) is 0 Å². The molecule has 0 saturated carbocycles. The maximum absolute atomic E-state index is 12.9. The molecule has 0 atom stereocenters. The van der Waals surface area contributed by atoms with Crippen molar-refractivity contribution in [2.24, 2.45) is 0 Å². The fourth-order valence-corrected chi connectivity index (χ4v) is 2.43. The first kappa shape index (κ1) is 14.1. The average Bonchev–Trinajstić information content (AvgIpc) is 2.91. The molecule has 0 bridgehead atoms. The SMILES string of the molecule is O=C(O)c1ccc2[nH]nc(CCc3ccc(F)cc3)c2c1O. The van der Waals surface area contributed by atoms with Gasteiger partial charge >= 0.3 is 5.97 Å². The molecular formula is C16H13FN2O3. The molecule has 22 heavy (non-hydrogen) atoms. The monoisotopic (exact) mass is 300 g/mol. The third kappa shape index (κ3) is 2.50. The van der Waals surface area contributed by atoms with Crippen molar-refractivity contribution >= 4 is 16.9 Å². The minimum Gasteiger partial charge on any atom is -0.506 e. The molecule has 1 aromatic heterocycles. The molecule has 3 aromatic rings. The number of aryl methyl sites for hydroxylation is 2. The van der Waals surface area contributed by atoms with Gasteiger partial charge in [-0.2, -0.15) is 5.10 Å². The Bertz CT molecular complexity index is 840. The Balaban J connectivity index is 1.92. The van der Waals surface area contributed by atoms with Gasteiger partial charge in [0.05, 0.1) is 16.6 Å². The van der Waals surface area contributed by atoms with Crippen molar-refractivity contribution in [2.45, 2.75) is 12.8 Å². The van der Waals surface area contributed by atoms with E-state index in [1.807, 2.05) is 0 Å². The van der Waals surface area contributed by atoms with Gasteiger partial charge in [-0.05, 0) is 42.7 Å². The van der Waals surface area contributed by atoms with E-state index in [9.17, 15) is 14.3 Å². The number of H-pyrrole nitrogens is 1. The van der Waals surface area contributed by atoms with Gasteiger partial charge in [-0.15, -0.1) is 0 Å². The number of aromatic amines is 1. The van der Waals surface area contributed by atoms with Gasteiger partial charge in [0.2, 0.25) is 0 Å². The lowest BCUT2D eigenvalue weighted by atomic mass is 10.0. The minimum absolute atomic E-state index is 0.156. The molecule has 5 nitrogen and oxygen atoms in total. The van der Waals surface area contributed by atoms with Gasteiger partial charge in [0.25, 0.3) is 0 Å². The minimum atomic E-state index is -1.19. The molecule has 0 aliphatic rings. The van der Waals surface area contributed by atoms with Gasteiger partial charge in [0, 0.05) is 0 Å². The molecule has 112 valence electrons.